The highest BCUT2D eigenvalue weighted by atomic mass is 16.5. The smallest absolute Gasteiger partial charge is 0.249 e. The Morgan fingerprint density at radius 1 is 1.07 bits per heavy atom. The summed E-state index contributed by atoms with van der Waals surface area (Å²) in [5.74, 6) is 0.810. The molecule has 29 heavy (non-hydrogen) atoms. The van der Waals surface area contributed by atoms with Gasteiger partial charge in [0.2, 0.25) is 5.91 Å². The minimum Gasteiger partial charge on any atom is -0.492 e. The van der Waals surface area contributed by atoms with Crippen LogP contribution in [0.5, 0.6) is 5.75 Å². The number of hydrogen-bond donors (Lipinski definition) is 0. The zero-order valence-corrected chi connectivity index (χ0v) is 17.3. The van der Waals surface area contributed by atoms with Crippen LogP contribution in [0, 0.1) is 0 Å². The fraction of sp³-hybridized carbons (Fsp3) is 0.478. The fourth-order valence-corrected chi connectivity index (χ4v) is 3.52. The van der Waals surface area contributed by atoms with Crippen LogP contribution in [0.1, 0.15) is 30.5 Å². The topological polar surface area (TPSA) is 54.9 Å². The second kappa shape index (κ2) is 11.5. The number of ether oxygens (including phenoxy) is 2. The van der Waals surface area contributed by atoms with Crippen LogP contribution < -0.4 is 4.74 Å². The van der Waals surface area contributed by atoms with E-state index in [1.165, 1.54) is 39.5 Å². The molecule has 1 amide bonds. The van der Waals surface area contributed by atoms with Crippen molar-refractivity contribution in [1.82, 2.24) is 14.8 Å². The van der Waals surface area contributed by atoms with Gasteiger partial charge < -0.3 is 14.4 Å². The Kier molecular flexibility index (Phi) is 8.46. The molecular weight excluding hydrogens is 366 g/mol. The molecule has 1 aliphatic rings. The minimum absolute atomic E-state index is 0.0555. The van der Waals surface area contributed by atoms with Gasteiger partial charge in [-0.3, -0.25) is 14.7 Å². The molecule has 0 atom stereocenters. The van der Waals surface area contributed by atoms with Gasteiger partial charge in [-0.15, -0.1) is 0 Å². The summed E-state index contributed by atoms with van der Waals surface area (Å²) in [5, 5.41) is 0. The lowest BCUT2D eigenvalue weighted by molar-refractivity contribution is -0.136. The van der Waals surface area contributed by atoms with Crippen LogP contribution in [0.4, 0.5) is 0 Å². The lowest BCUT2D eigenvalue weighted by atomic mass is 10.1. The molecule has 0 N–H and O–H groups in total. The van der Waals surface area contributed by atoms with Crippen LogP contribution in [0.2, 0.25) is 0 Å². The number of amides is 1. The molecule has 6 nitrogen and oxygen atoms in total. The van der Waals surface area contributed by atoms with E-state index in [1.54, 1.807) is 11.1 Å². The second-order valence-electron chi connectivity index (χ2n) is 7.40. The molecule has 0 bridgehead atoms. The van der Waals surface area contributed by atoms with Gasteiger partial charge >= 0.3 is 0 Å². The van der Waals surface area contributed by atoms with Crippen molar-refractivity contribution in [2.24, 2.45) is 0 Å². The average Bonchev–Trinajstić information content (AvgIpc) is 2.76. The van der Waals surface area contributed by atoms with Crippen molar-refractivity contribution in [2.75, 3.05) is 40.0 Å². The van der Waals surface area contributed by atoms with Gasteiger partial charge in [-0.1, -0.05) is 24.6 Å². The summed E-state index contributed by atoms with van der Waals surface area (Å²) in [6.07, 6.45) is 5.68. The Labute approximate surface area is 173 Å². The fourth-order valence-electron chi connectivity index (χ4n) is 3.52. The number of piperidine rings is 1. The number of aromatic nitrogens is 1. The first-order chi connectivity index (χ1) is 14.2. The maximum absolute atomic E-state index is 12.5. The van der Waals surface area contributed by atoms with E-state index < -0.39 is 0 Å². The Morgan fingerprint density at radius 3 is 2.55 bits per heavy atom. The summed E-state index contributed by atoms with van der Waals surface area (Å²) < 4.78 is 10.9. The third-order valence-electron chi connectivity index (χ3n) is 5.12. The molecule has 1 fully saturated rings. The number of nitrogens with zero attached hydrogens (tertiary/aromatic N) is 3. The lowest BCUT2D eigenvalue weighted by Crippen LogP contribution is -2.33. The van der Waals surface area contributed by atoms with Crippen molar-refractivity contribution in [1.29, 1.82) is 0 Å². The molecule has 1 aromatic heterocycles. The van der Waals surface area contributed by atoms with E-state index in [2.05, 4.69) is 9.88 Å². The van der Waals surface area contributed by atoms with Crippen LogP contribution in [0.25, 0.3) is 0 Å². The molecule has 0 aliphatic carbocycles. The van der Waals surface area contributed by atoms with Crippen molar-refractivity contribution >= 4 is 5.91 Å². The molecular formula is C23H31N3O3. The quantitative estimate of drug-likeness (QED) is 0.617. The van der Waals surface area contributed by atoms with E-state index in [1.807, 2.05) is 42.5 Å². The first-order valence-corrected chi connectivity index (χ1v) is 10.4. The molecule has 0 spiro atoms. The highest BCUT2D eigenvalue weighted by molar-refractivity contribution is 5.77. The van der Waals surface area contributed by atoms with Crippen molar-refractivity contribution in [2.45, 2.75) is 32.4 Å². The van der Waals surface area contributed by atoms with E-state index in [-0.39, 0.29) is 12.5 Å². The summed E-state index contributed by atoms with van der Waals surface area (Å²) >= 11 is 0. The van der Waals surface area contributed by atoms with Crippen molar-refractivity contribution in [3.63, 3.8) is 0 Å². The Bertz CT molecular complexity index is 731. The number of benzene rings is 1. The molecule has 156 valence electrons. The van der Waals surface area contributed by atoms with Gasteiger partial charge in [-0.25, -0.2) is 0 Å². The van der Waals surface area contributed by atoms with Crippen LogP contribution in [-0.4, -0.2) is 60.6 Å². The molecule has 2 aromatic rings. The van der Waals surface area contributed by atoms with Crippen molar-refractivity contribution in [3.05, 3.63) is 59.9 Å². The van der Waals surface area contributed by atoms with Gasteiger partial charge in [0.05, 0.1) is 12.2 Å². The number of carbonyl (C=O) groups is 1. The monoisotopic (exact) mass is 397 g/mol. The zero-order valence-electron chi connectivity index (χ0n) is 17.3. The summed E-state index contributed by atoms with van der Waals surface area (Å²) in [6, 6.07) is 13.7. The number of methoxy groups -OCH3 is 1. The SMILES string of the molecule is COCC(=O)N(Cc1ccc(OCCN2CCCCC2)cc1)Cc1ccccn1. The van der Waals surface area contributed by atoms with Crippen LogP contribution >= 0.6 is 0 Å². The number of hydrogen-bond acceptors (Lipinski definition) is 5. The molecule has 0 radical (unpaired) electrons. The maximum atomic E-state index is 12.5. The third kappa shape index (κ3) is 7.15. The largest absolute Gasteiger partial charge is 0.492 e. The first kappa shape index (κ1) is 21.3. The Balaban J connectivity index is 1.52. The highest BCUT2D eigenvalue weighted by Crippen LogP contribution is 2.16. The molecule has 0 saturated carbocycles. The standard InChI is InChI=1S/C23H31N3O3/c1-28-19-23(27)26(18-21-7-3-4-12-24-21)17-20-8-10-22(11-9-20)29-16-15-25-13-5-2-6-14-25/h3-4,7-12H,2,5-6,13-19H2,1H3. The van der Waals surface area contributed by atoms with E-state index in [0.717, 1.165) is 23.6 Å². The normalized spacial score (nSPS) is 14.5. The van der Waals surface area contributed by atoms with Crippen LogP contribution in [-0.2, 0) is 22.6 Å². The maximum Gasteiger partial charge on any atom is 0.249 e. The molecule has 6 heteroatoms. The van der Waals surface area contributed by atoms with Gasteiger partial charge in [-0.2, -0.15) is 0 Å². The first-order valence-electron chi connectivity index (χ1n) is 10.4. The van der Waals surface area contributed by atoms with E-state index in [4.69, 9.17) is 9.47 Å². The summed E-state index contributed by atoms with van der Waals surface area (Å²) in [4.78, 5) is 21.0. The molecule has 1 aromatic carbocycles. The molecule has 0 unspecified atom stereocenters. The summed E-state index contributed by atoms with van der Waals surface area (Å²) in [5.41, 5.74) is 1.91. The summed E-state index contributed by atoms with van der Waals surface area (Å²) in [7, 11) is 1.53. The van der Waals surface area contributed by atoms with Gasteiger partial charge in [-0.05, 0) is 55.8 Å². The number of pyridine rings is 1. The Hall–Kier alpha value is -2.44. The zero-order chi connectivity index (χ0) is 20.3. The summed E-state index contributed by atoms with van der Waals surface area (Å²) in [6.45, 7) is 5.07. The van der Waals surface area contributed by atoms with Gasteiger partial charge in [0.15, 0.2) is 0 Å². The van der Waals surface area contributed by atoms with Gasteiger partial charge in [0.25, 0.3) is 0 Å². The van der Waals surface area contributed by atoms with E-state index in [0.29, 0.717) is 19.7 Å². The van der Waals surface area contributed by atoms with Gasteiger partial charge in [0, 0.05) is 26.4 Å². The van der Waals surface area contributed by atoms with E-state index >= 15 is 0 Å². The Morgan fingerprint density at radius 2 is 1.86 bits per heavy atom. The van der Waals surface area contributed by atoms with Crippen LogP contribution in [0.15, 0.2) is 48.7 Å². The predicted molar refractivity (Wildman–Crippen MR) is 113 cm³/mol. The average molecular weight is 398 g/mol. The lowest BCUT2D eigenvalue weighted by Gasteiger charge is -2.26. The van der Waals surface area contributed by atoms with Crippen molar-refractivity contribution in [3.8, 4) is 5.75 Å². The molecule has 1 saturated heterocycles. The third-order valence-corrected chi connectivity index (χ3v) is 5.12. The second-order valence-corrected chi connectivity index (χ2v) is 7.40. The minimum atomic E-state index is -0.0555. The number of rotatable bonds is 10. The van der Waals surface area contributed by atoms with Crippen molar-refractivity contribution < 1.29 is 14.3 Å². The number of carbonyl (C=O) groups excluding carboxylic acids is 1. The molecule has 2 heterocycles. The van der Waals surface area contributed by atoms with Crippen LogP contribution in [0.3, 0.4) is 0 Å². The molecule has 3 rings (SSSR count). The number of likely N-dealkylation sites (tertiary alicyclic amines) is 1. The predicted octanol–water partition coefficient (Wildman–Crippen LogP) is 3.12. The van der Waals surface area contributed by atoms with Gasteiger partial charge in [0.1, 0.15) is 19.0 Å². The molecule has 1 aliphatic heterocycles. The highest BCUT2D eigenvalue weighted by Gasteiger charge is 2.15. The van der Waals surface area contributed by atoms with E-state index in [9.17, 15) is 4.79 Å².